The fraction of sp³-hybridized carbons (Fsp3) is 0.632. The van der Waals surface area contributed by atoms with Gasteiger partial charge in [0, 0.05) is 0 Å². The number of amides is 1. The Hall–Kier alpha value is -1.62. The maximum Gasteiger partial charge on any atom is 0.223 e. The molecular weight excluding hydrogens is 309 g/mol. The summed E-state index contributed by atoms with van der Waals surface area (Å²) in [6.45, 7) is 2.39. The van der Waals surface area contributed by atoms with Crippen molar-refractivity contribution in [2.24, 2.45) is 5.92 Å². The third kappa shape index (κ3) is 4.47. The molecule has 2 fully saturated rings. The number of hydrogen-bond acceptors (Lipinski definition) is 3. The number of hydrogen-bond donors (Lipinski definition) is 2. The molecule has 2 aliphatic carbocycles. The predicted molar refractivity (Wildman–Crippen MR) is 89.2 cm³/mol. The van der Waals surface area contributed by atoms with Gasteiger partial charge in [0.2, 0.25) is 5.91 Å². The van der Waals surface area contributed by atoms with Crippen LogP contribution in [0.5, 0.6) is 5.75 Å². The van der Waals surface area contributed by atoms with E-state index in [1.54, 1.807) is 12.1 Å². The number of ether oxygens (including phenoxy) is 1. The van der Waals surface area contributed by atoms with E-state index >= 15 is 0 Å². The molecule has 2 N–H and O–H groups in total. The largest absolute Gasteiger partial charge is 0.490 e. The first-order valence-electron chi connectivity index (χ1n) is 8.89. The third-order valence-corrected chi connectivity index (χ3v) is 5.03. The maximum absolute atomic E-state index is 14.1. The monoisotopic (exact) mass is 335 g/mol. The van der Waals surface area contributed by atoms with Crippen LogP contribution in [-0.2, 0) is 4.79 Å². The highest BCUT2D eigenvalue weighted by Crippen LogP contribution is 2.33. The van der Waals surface area contributed by atoms with Crippen LogP contribution in [0, 0.1) is 11.7 Å². The SMILES string of the molecule is CC(NC(=O)CC1(O)CCCC1)c1ccc(OCC2CC2)c(F)c1. The van der Waals surface area contributed by atoms with Gasteiger partial charge in [-0.3, -0.25) is 4.79 Å². The summed E-state index contributed by atoms with van der Waals surface area (Å²) < 4.78 is 19.6. The van der Waals surface area contributed by atoms with E-state index in [4.69, 9.17) is 4.74 Å². The average molecular weight is 335 g/mol. The molecule has 3 rings (SSSR count). The van der Waals surface area contributed by atoms with Gasteiger partial charge in [0.1, 0.15) is 0 Å². The van der Waals surface area contributed by atoms with Gasteiger partial charge in [-0.2, -0.15) is 0 Å². The normalized spacial score (nSPS) is 20.6. The molecule has 5 heteroatoms. The standard InChI is InChI=1S/C19H26FNO3/c1-13(21-18(22)11-19(23)8-2-3-9-19)15-6-7-17(16(20)10-15)24-12-14-4-5-14/h6-7,10,13-14,23H,2-5,8-9,11-12H2,1H3,(H,21,22). The molecule has 1 amide bonds. The van der Waals surface area contributed by atoms with Crippen LogP contribution < -0.4 is 10.1 Å². The van der Waals surface area contributed by atoms with Gasteiger partial charge in [0.15, 0.2) is 11.6 Å². The highest BCUT2D eigenvalue weighted by atomic mass is 19.1. The number of nitrogens with one attached hydrogen (secondary N) is 1. The van der Waals surface area contributed by atoms with Gasteiger partial charge in [0.25, 0.3) is 0 Å². The maximum atomic E-state index is 14.1. The van der Waals surface area contributed by atoms with Crippen molar-refractivity contribution < 1.29 is 19.0 Å². The molecule has 0 aliphatic heterocycles. The molecule has 1 atom stereocenters. The van der Waals surface area contributed by atoms with Crippen LogP contribution in [0.3, 0.4) is 0 Å². The topological polar surface area (TPSA) is 58.6 Å². The molecule has 132 valence electrons. The van der Waals surface area contributed by atoms with E-state index in [2.05, 4.69) is 5.32 Å². The zero-order valence-corrected chi connectivity index (χ0v) is 14.2. The van der Waals surface area contributed by atoms with E-state index in [9.17, 15) is 14.3 Å². The van der Waals surface area contributed by atoms with Crippen molar-refractivity contribution in [2.45, 2.75) is 63.5 Å². The van der Waals surface area contributed by atoms with E-state index < -0.39 is 11.4 Å². The zero-order valence-electron chi connectivity index (χ0n) is 14.2. The first kappa shape index (κ1) is 17.2. The van der Waals surface area contributed by atoms with E-state index in [0.717, 1.165) is 25.7 Å². The number of benzene rings is 1. The minimum absolute atomic E-state index is 0.113. The summed E-state index contributed by atoms with van der Waals surface area (Å²) in [5.41, 5.74) is -0.173. The summed E-state index contributed by atoms with van der Waals surface area (Å²) >= 11 is 0. The molecule has 2 aliphatic rings. The Kier molecular flexibility index (Phi) is 5.09. The van der Waals surface area contributed by atoms with Crippen LogP contribution in [0.1, 0.15) is 63.5 Å². The summed E-state index contributed by atoms with van der Waals surface area (Å²) in [7, 11) is 0. The summed E-state index contributed by atoms with van der Waals surface area (Å²) in [6, 6.07) is 4.51. The van der Waals surface area contributed by atoms with Gasteiger partial charge in [-0.1, -0.05) is 18.9 Å². The molecular formula is C19H26FNO3. The summed E-state index contributed by atoms with van der Waals surface area (Å²) in [5.74, 6) is 0.248. The lowest BCUT2D eigenvalue weighted by molar-refractivity contribution is -0.126. The van der Waals surface area contributed by atoms with Crippen LogP contribution in [0.4, 0.5) is 4.39 Å². The fourth-order valence-electron chi connectivity index (χ4n) is 3.28. The molecule has 2 saturated carbocycles. The minimum atomic E-state index is -0.866. The van der Waals surface area contributed by atoms with Crippen molar-refractivity contribution in [1.29, 1.82) is 0 Å². The molecule has 0 heterocycles. The van der Waals surface area contributed by atoms with Crippen LogP contribution in [0.15, 0.2) is 18.2 Å². The van der Waals surface area contributed by atoms with Crippen molar-refractivity contribution in [3.05, 3.63) is 29.6 Å². The second-order valence-corrected chi connectivity index (χ2v) is 7.34. The van der Waals surface area contributed by atoms with Crippen LogP contribution in [0.2, 0.25) is 0 Å². The molecule has 0 radical (unpaired) electrons. The molecule has 0 bridgehead atoms. The Morgan fingerprint density at radius 3 is 2.75 bits per heavy atom. The fourth-order valence-corrected chi connectivity index (χ4v) is 3.28. The molecule has 0 saturated heterocycles. The quantitative estimate of drug-likeness (QED) is 0.802. The third-order valence-electron chi connectivity index (χ3n) is 5.03. The van der Waals surface area contributed by atoms with Gasteiger partial charge < -0.3 is 15.2 Å². The van der Waals surface area contributed by atoms with E-state index in [0.29, 0.717) is 30.9 Å². The Morgan fingerprint density at radius 1 is 1.42 bits per heavy atom. The number of carbonyl (C=O) groups is 1. The Labute approximate surface area is 142 Å². The molecule has 1 aromatic carbocycles. The van der Waals surface area contributed by atoms with Crippen molar-refractivity contribution >= 4 is 5.91 Å². The Morgan fingerprint density at radius 2 is 2.12 bits per heavy atom. The number of carbonyl (C=O) groups excluding carboxylic acids is 1. The predicted octanol–water partition coefficient (Wildman–Crippen LogP) is 3.49. The van der Waals surface area contributed by atoms with Crippen molar-refractivity contribution in [3.8, 4) is 5.75 Å². The Bertz CT molecular complexity index is 594. The first-order valence-corrected chi connectivity index (χ1v) is 8.89. The second kappa shape index (κ2) is 7.09. The van der Waals surface area contributed by atoms with Gasteiger partial charge in [0.05, 0.1) is 24.7 Å². The van der Waals surface area contributed by atoms with Crippen molar-refractivity contribution in [3.63, 3.8) is 0 Å². The summed E-state index contributed by atoms with van der Waals surface area (Å²) in [4.78, 5) is 12.1. The number of rotatable bonds is 7. The summed E-state index contributed by atoms with van der Waals surface area (Å²) in [5, 5.41) is 13.1. The van der Waals surface area contributed by atoms with E-state index in [-0.39, 0.29) is 24.1 Å². The first-order chi connectivity index (χ1) is 11.5. The lowest BCUT2D eigenvalue weighted by atomic mass is 9.97. The van der Waals surface area contributed by atoms with E-state index in [1.165, 1.54) is 6.07 Å². The minimum Gasteiger partial charge on any atom is -0.490 e. The van der Waals surface area contributed by atoms with Crippen molar-refractivity contribution in [2.75, 3.05) is 6.61 Å². The molecule has 0 aromatic heterocycles. The molecule has 24 heavy (non-hydrogen) atoms. The Balaban J connectivity index is 1.54. The van der Waals surface area contributed by atoms with Gasteiger partial charge in [-0.15, -0.1) is 0 Å². The molecule has 1 aromatic rings. The van der Waals surface area contributed by atoms with Crippen LogP contribution in [0.25, 0.3) is 0 Å². The summed E-state index contributed by atoms with van der Waals surface area (Å²) in [6.07, 6.45) is 5.72. The molecule has 4 nitrogen and oxygen atoms in total. The van der Waals surface area contributed by atoms with Gasteiger partial charge in [-0.05, 0) is 56.2 Å². The number of halogens is 1. The lowest BCUT2D eigenvalue weighted by Crippen LogP contribution is -2.35. The van der Waals surface area contributed by atoms with Gasteiger partial charge >= 0.3 is 0 Å². The van der Waals surface area contributed by atoms with E-state index in [1.807, 2.05) is 6.92 Å². The van der Waals surface area contributed by atoms with Crippen LogP contribution in [-0.4, -0.2) is 23.2 Å². The molecule has 1 unspecified atom stereocenters. The smallest absolute Gasteiger partial charge is 0.223 e. The average Bonchev–Trinajstić information content (AvgIpc) is 3.26. The lowest BCUT2D eigenvalue weighted by Gasteiger charge is -2.23. The zero-order chi connectivity index (χ0) is 17.2. The molecule has 0 spiro atoms. The van der Waals surface area contributed by atoms with Crippen molar-refractivity contribution in [1.82, 2.24) is 5.32 Å². The second-order valence-electron chi connectivity index (χ2n) is 7.34. The number of aliphatic hydroxyl groups is 1. The highest BCUT2D eigenvalue weighted by Gasteiger charge is 2.33. The highest BCUT2D eigenvalue weighted by molar-refractivity contribution is 5.77. The van der Waals surface area contributed by atoms with Gasteiger partial charge in [-0.25, -0.2) is 4.39 Å². The van der Waals surface area contributed by atoms with Crippen LogP contribution >= 0.6 is 0 Å².